The molecule has 1 aliphatic rings. The minimum Gasteiger partial charge on any atom is -0.497 e. The number of benzene rings is 2. The monoisotopic (exact) mass is 390 g/mol. The van der Waals surface area contributed by atoms with Crippen LogP contribution in [0.25, 0.3) is 5.69 Å². The predicted octanol–water partition coefficient (Wildman–Crippen LogP) is 2.84. The van der Waals surface area contributed by atoms with Gasteiger partial charge in [0.25, 0.3) is 0 Å². The molecule has 7 nitrogen and oxygen atoms in total. The Hall–Kier alpha value is -3.35. The molecule has 0 amide bonds. The first kappa shape index (κ1) is 19.0. The number of nitrogens with zero attached hydrogens (tertiary/aromatic N) is 5. The molecular formula is C22H26N6O. The fraction of sp³-hybridized carbons (Fsp3) is 0.318. The van der Waals surface area contributed by atoms with Crippen LogP contribution in [0.2, 0.25) is 0 Å². The van der Waals surface area contributed by atoms with Crippen LogP contribution < -0.4 is 10.1 Å². The lowest BCUT2D eigenvalue weighted by Crippen LogP contribution is -2.40. The van der Waals surface area contributed by atoms with Gasteiger partial charge >= 0.3 is 0 Å². The van der Waals surface area contributed by atoms with E-state index in [1.54, 1.807) is 13.4 Å². The number of methoxy groups -OCH3 is 1. The Morgan fingerprint density at radius 3 is 2.69 bits per heavy atom. The zero-order valence-electron chi connectivity index (χ0n) is 16.8. The molecule has 150 valence electrons. The first-order chi connectivity index (χ1) is 14.3. The summed E-state index contributed by atoms with van der Waals surface area (Å²) in [7, 11) is 3.52. The van der Waals surface area contributed by atoms with Gasteiger partial charge in [-0.3, -0.25) is 9.56 Å². The Bertz CT molecular complexity index is 951. The largest absolute Gasteiger partial charge is 0.497 e. The number of rotatable bonds is 5. The smallest absolute Gasteiger partial charge is 0.194 e. The second-order valence-electron chi connectivity index (χ2n) is 7.06. The maximum Gasteiger partial charge on any atom is 0.194 e. The van der Waals surface area contributed by atoms with Crippen molar-refractivity contribution in [3.8, 4) is 11.4 Å². The maximum absolute atomic E-state index is 5.26. The summed E-state index contributed by atoms with van der Waals surface area (Å²) in [5.41, 5.74) is 2.39. The highest BCUT2D eigenvalue weighted by atomic mass is 16.5. The lowest BCUT2D eigenvalue weighted by atomic mass is 9.98. The Morgan fingerprint density at radius 1 is 1.17 bits per heavy atom. The van der Waals surface area contributed by atoms with E-state index in [9.17, 15) is 0 Å². The molecule has 1 fully saturated rings. The molecule has 0 aliphatic carbocycles. The van der Waals surface area contributed by atoms with Crippen molar-refractivity contribution in [1.82, 2.24) is 25.0 Å². The van der Waals surface area contributed by atoms with Crippen LogP contribution in [0.5, 0.6) is 5.75 Å². The molecule has 0 spiro atoms. The maximum atomic E-state index is 5.26. The number of aromatic nitrogens is 3. The van der Waals surface area contributed by atoms with E-state index in [0.717, 1.165) is 42.7 Å². The first-order valence-electron chi connectivity index (χ1n) is 9.82. The molecule has 29 heavy (non-hydrogen) atoms. The zero-order valence-corrected chi connectivity index (χ0v) is 16.8. The van der Waals surface area contributed by atoms with Crippen LogP contribution in [0.1, 0.15) is 23.7 Å². The standard InChI is InChI=1S/C22H26N6O/c1-23-22(24-14-21-26-25-16-28(21)19-6-4-3-5-7-19)27-13-12-18(15-27)17-8-10-20(29-2)11-9-17/h3-11,16,18H,12-15H2,1-2H3,(H,23,24). The van der Waals surface area contributed by atoms with Crippen LogP contribution in [0.4, 0.5) is 0 Å². The molecule has 1 saturated heterocycles. The number of aliphatic imine (C=N–C) groups is 1. The summed E-state index contributed by atoms with van der Waals surface area (Å²) in [4.78, 5) is 6.79. The molecule has 1 atom stereocenters. The van der Waals surface area contributed by atoms with Gasteiger partial charge in [0.2, 0.25) is 0 Å². The number of likely N-dealkylation sites (tertiary alicyclic amines) is 1. The van der Waals surface area contributed by atoms with E-state index in [0.29, 0.717) is 12.5 Å². The van der Waals surface area contributed by atoms with Gasteiger partial charge in [-0.1, -0.05) is 30.3 Å². The van der Waals surface area contributed by atoms with Crippen LogP contribution in [0.3, 0.4) is 0 Å². The molecule has 2 aromatic carbocycles. The van der Waals surface area contributed by atoms with Crippen LogP contribution in [0.15, 0.2) is 65.9 Å². The van der Waals surface area contributed by atoms with Gasteiger partial charge < -0.3 is 15.0 Å². The van der Waals surface area contributed by atoms with Crippen molar-refractivity contribution >= 4 is 5.96 Å². The Labute approximate surface area is 171 Å². The molecule has 0 saturated carbocycles. The van der Waals surface area contributed by atoms with Crippen LogP contribution in [-0.2, 0) is 6.54 Å². The van der Waals surface area contributed by atoms with Crippen molar-refractivity contribution in [2.24, 2.45) is 4.99 Å². The molecule has 0 radical (unpaired) electrons. The van der Waals surface area contributed by atoms with Gasteiger partial charge in [-0.05, 0) is 36.2 Å². The molecular weight excluding hydrogens is 364 g/mol. The number of hydrogen-bond acceptors (Lipinski definition) is 4. The van der Waals surface area contributed by atoms with Gasteiger partial charge in [0.05, 0.1) is 13.7 Å². The van der Waals surface area contributed by atoms with Crippen LogP contribution in [-0.4, -0.2) is 52.9 Å². The highest BCUT2D eigenvalue weighted by molar-refractivity contribution is 5.80. The summed E-state index contributed by atoms with van der Waals surface area (Å²) in [6.07, 6.45) is 2.85. The molecule has 0 bridgehead atoms. The highest BCUT2D eigenvalue weighted by Crippen LogP contribution is 2.28. The number of guanidine groups is 1. The summed E-state index contributed by atoms with van der Waals surface area (Å²) >= 11 is 0. The second kappa shape index (κ2) is 8.77. The normalized spacial score (nSPS) is 16.8. The van der Waals surface area contributed by atoms with Crippen molar-refractivity contribution < 1.29 is 4.74 Å². The minimum atomic E-state index is 0.493. The molecule has 1 aliphatic heterocycles. The van der Waals surface area contributed by atoms with Gasteiger partial charge in [0.15, 0.2) is 11.8 Å². The molecule has 1 aromatic heterocycles. The highest BCUT2D eigenvalue weighted by Gasteiger charge is 2.26. The fourth-order valence-electron chi connectivity index (χ4n) is 3.77. The quantitative estimate of drug-likeness (QED) is 0.536. The number of ether oxygens (including phenoxy) is 1. The third-order valence-corrected chi connectivity index (χ3v) is 5.34. The molecule has 2 heterocycles. The summed E-state index contributed by atoms with van der Waals surface area (Å²) in [6.45, 7) is 2.48. The number of hydrogen-bond donors (Lipinski definition) is 1. The lowest BCUT2D eigenvalue weighted by molar-refractivity contribution is 0.414. The lowest BCUT2D eigenvalue weighted by Gasteiger charge is -2.21. The second-order valence-corrected chi connectivity index (χ2v) is 7.06. The number of nitrogens with one attached hydrogen (secondary N) is 1. The summed E-state index contributed by atoms with van der Waals surface area (Å²) in [5.74, 6) is 3.13. The van der Waals surface area contributed by atoms with Gasteiger partial charge in [0, 0.05) is 31.7 Å². The third-order valence-electron chi connectivity index (χ3n) is 5.34. The Kier molecular flexibility index (Phi) is 5.74. The van der Waals surface area contributed by atoms with E-state index < -0.39 is 0 Å². The van der Waals surface area contributed by atoms with Crippen molar-refractivity contribution in [3.05, 3.63) is 72.3 Å². The van der Waals surface area contributed by atoms with Crippen LogP contribution in [0, 0.1) is 0 Å². The van der Waals surface area contributed by atoms with Crippen molar-refractivity contribution in [2.75, 3.05) is 27.2 Å². The number of para-hydroxylation sites is 1. The fourth-order valence-corrected chi connectivity index (χ4v) is 3.77. The van der Waals surface area contributed by atoms with Crippen LogP contribution >= 0.6 is 0 Å². The zero-order chi connectivity index (χ0) is 20.1. The van der Waals surface area contributed by atoms with E-state index in [4.69, 9.17) is 4.74 Å². The summed E-state index contributed by atoms with van der Waals surface area (Å²) < 4.78 is 7.26. The molecule has 1 unspecified atom stereocenters. The van der Waals surface area contributed by atoms with E-state index in [1.165, 1.54) is 5.56 Å². The van der Waals surface area contributed by atoms with Crippen molar-refractivity contribution in [3.63, 3.8) is 0 Å². The average Bonchev–Trinajstić information content (AvgIpc) is 3.45. The SMILES string of the molecule is CN=C(NCc1nncn1-c1ccccc1)N1CCC(c2ccc(OC)cc2)C1. The van der Waals surface area contributed by atoms with Gasteiger partial charge in [-0.2, -0.15) is 0 Å². The third kappa shape index (κ3) is 4.23. The predicted molar refractivity (Wildman–Crippen MR) is 113 cm³/mol. The van der Waals surface area contributed by atoms with Gasteiger partial charge in [-0.25, -0.2) is 0 Å². The molecule has 1 N–H and O–H groups in total. The summed E-state index contributed by atoms with van der Waals surface area (Å²) in [5, 5.41) is 11.8. The van der Waals surface area contributed by atoms with Gasteiger partial charge in [0.1, 0.15) is 12.1 Å². The summed E-state index contributed by atoms with van der Waals surface area (Å²) in [6, 6.07) is 18.5. The molecule has 3 aromatic rings. The minimum absolute atomic E-state index is 0.493. The van der Waals surface area contributed by atoms with E-state index in [2.05, 4.69) is 37.5 Å². The van der Waals surface area contributed by atoms with Crippen molar-refractivity contribution in [1.29, 1.82) is 0 Å². The van der Waals surface area contributed by atoms with E-state index in [-0.39, 0.29) is 0 Å². The van der Waals surface area contributed by atoms with E-state index in [1.807, 2.05) is 54.1 Å². The first-order valence-corrected chi connectivity index (χ1v) is 9.82. The average molecular weight is 390 g/mol. The Balaban J connectivity index is 1.39. The van der Waals surface area contributed by atoms with Gasteiger partial charge in [-0.15, -0.1) is 10.2 Å². The molecule has 7 heteroatoms. The van der Waals surface area contributed by atoms with E-state index >= 15 is 0 Å². The topological polar surface area (TPSA) is 67.6 Å². The van der Waals surface area contributed by atoms with Crippen molar-refractivity contribution in [2.45, 2.75) is 18.9 Å². The molecule has 4 rings (SSSR count). The Morgan fingerprint density at radius 2 is 1.97 bits per heavy atom.